The Morgan fingerprint density at radius 3 is 2.38 bits per heavy atom. The van der Waals surface area contributed by atoms with Gasteiger partial charge in [-0.25, -0.2) is 0 Å². The van der Waals surface area contributed by atoms with Crippen molar-refractivity contribution in [2.75, 3.05) is 5.32 Å². The van der Waals surface area contributed by atoms with Crippen LogP contribution in [0.3, 0.4) is 0 Å². The highest BCUT2D eigenvalue weighted by molar-refractivity contribution is 6.52. The first-order valence-corrected chi connectivity index (χ1v) is 4.39. The molecule has 1 aliphatic rings. The average molecular weight is 229 g/mol. The standard InChI is InChI=1S/C10H6F3NO2/c1-4-2-3-5(10(11,12)13)6-7(4)14-9(16)8(6)15/h2-3H,1H3,(H,14,15,16). The van der Waals surface area contributed by atoms with E-state index in [0.29, 0.717) is 5.56 Å². The molecule has 0 saturated carbocycles. The summed E-state index contributed by atoms with van der Waals surface area (Å²) in [4.78, 5) is 22.3. The molecule has 1 heterocycles. The SMILES string of the molecule is Cc1ccc(C(F)(F)F)c2c1NC(=O)C2=O. The highest BCUT2D eigenvalue weighted by atomic mass is 19.4. The van der Waals surface area contributed by atoms with E-state index in [4.69, 9.17) is 0 Å². The molecule has 1 aromatic rings. The van der Waals surface area contributed by atoms with E-state index in [1.165, 1.54) is 13.0 Å². The fourth-order valence-electron chi connectivity index (χ4n) is 1.62. The van der Waals surface area contributed by atoms with Crippen LogP contribution in [0.5, 0.6) is 0 Å². The van der Waals surface area contributed by atoms with Crippen molar-refractivity contribution in [1.29, 1.82) is 0 Å². The van der Waals surface area contributed by atoms with Crippen molar-refractivity contribution in [1.82, 2.24) is 0 Å². The van der Waals surface area contributed by atoms with Crippen molar-refractivity contribution in [2.24, 2.45) is 0 Å². The van der Waals surface area contributed by atoms with Crippen LogP contribution in [0.25, 0.3) is 0 Å². The van der Waals surface area contributed by atoms with Crippen molar-refractivity contribution in [2.45, 2.75) is 13.1 Å². The van der Waals surface area contributed by atoms with Gasteiger partial charge in [0.1, 0.15) is 0 Å². The van der Waals surface area contributed by atoms with E-state index >= 15 is 0 Å². The third kappa shape index (κ3) is 1.37. The second kappa shape index (κ2) is 3.07. The van der Waals surface area contributed by atoms with Crippen molar-refractivity contribution in [3.05, 3.63) is 28.8 Å². The van der Waals surface area contributed by atoms with E-state index in [0.717, 1.165) is 6.07 Å². The zero-order chi connectivity index (χ0) is 12.1. The maximum Gasteiger partial charge on any atom is 0.417 e. The van der Waals surface area contributed by atoms with Crippen LogP contribution in [0.2, 0.25) is 0 Å². The maximum absolute atomic E-state index is 12.6. The van der Waals surface area contributed by atoms with E-state index in [1.807, 2.05) is 0 Å². The molecule has 0 atom stereocenters. The molecule has 0 spiro atoms. The van der Waals surface area contributed by atoms with Gasteiger partial charge in [-0.15, -0.1) is 0 Å². The minimum atomic E-state index is -4.64. The number of halogens is 3. The number of nitrogens with one attached hydrogen (secondary N) is 1. The Labute approximate surface area is 88.3 Å². The number of anilines is 1. The fraction of sp³-hybridized carbons (Fsp3) is 0.200. The zero-order valence-electron chi connectivity index (χ0n) is 8.11. The summed E-state index contributed by atoms with van der Waals surface area (Å²) in [5, 5.41) is 2.14. The first-order valence-electron chi connectivity index (χ1n) is 4.39. The van der Waals surface area contributed by atoms with Gasteiger partial charge < -0.3 is 5.32 Å². The molecule has 2 rings (SSSR count). The van der Waals surface area contributed by atoms with Gasteiger partial charge in [-0.2, -0.15) is 13.2 Å². The molecule has 0 radical (unpaired) electrons. The second-order valence-corrected chi connectivity index (χ2v) is 3.46. The molecule has 6 heteroatoms. The predicted octanol–water partition coefficient (Wildman–Crippen LogP) is 2.15. The predicted molar refractivity (Wildman–Crippen MR) is 49.1 cm³/mol. The molecule has 84 valence electrons. The lowest BCUT2D eigenvalue weighted by Crippen LogP contribution is -2.15. The van der Waals surface area contributed by atoms with Crippen LogP contribution >= 0.6 is 0 Å². The lowest BCUT2D eigenvalue weighted by molar-refractivity contribution is -0.137. The minimum absolute atomic E-state index is 0.0372. The van der Waals surface area contributed by atoms with E-state index in [1.54, 1.807) is 0 Å². The van der Waals surface area contributed by atoms with Gasteiger partial charge in [-0.3, -0.25) is 9.59 Å². The lowest BCUT2D eigenvalue weighted by Gasteiger charge is -2.11. The Morgan fingerprint density at radius 2 is 1.81 bits per heavy atom. The Kier molecular flexibility index (Phi) is 2.04. The van der Waals surface area contributed by atoms with Crippen molar-refractivity contribution >= 4 is 17.4 Å². The van der Waals surface area contributed by atoms with E-state index in [9.17, 15) is 22.8 Å². The molecule has 1 amide bonds. The van der Waals surface area contributed by atoms with Crippen LogP contribution in [-0.2, 0) is 11.0 Å². The van der Waals surface area contributed by atoms with Gasteiger partial charge in [-0.1, -0.05) is 6.07 Å². The summed E-state index contributed by atoms with van der Waals surface area (Å²) in [5.74, 6) is -2.15. The Bertz CT molecular complexity index is 506. The summed E-state index contributed by atoms with van der Waals surface area (Å²) in [6, 6.07) is 2.03. The molecular weight excluding hydrogens is 223 g/mol. The molecule has 0 unspecified atom stereocenters. The van der Waals surface area contributed by atoms with E-state index in [2.05, 4.69) is 5.32 Å². The van der Waals surface area contributed by atoms with E-state index < -0.39 is 29.0 Å². The number of rotatable bonds is 0. The molecule has 16 heavy (non-hydrogen) atoms. The summed E-state index contributed by atoms with van der Waals surface area (Å²) in [6.45, 7) is 1.53. The monoisotopic (exact) mass is 229 g/mol. The third-order valence-electron chi connectivity index (χ3n) is 2.39. The summed E-state index contributed by atoms with van der Waals surface area (Å²) >= 11 is 0. The number of carbonyl (C=O) groups excluding carboxylic acids is 2. The number of Topliss-reactive ketones (excluding diaryl/α,β-unsaturated/α-hetero) is 1. The quantitative estimate of drug-likeness (QED) is 0.693. The topological polar surface area (TPSA) is 46.2 Å². The smallest absolute Gasteiger partial charge is 0.318 e. The molecule has 1 N–H and O–H groups in total. The van der Waals surface area contributed by atoms with Crippen LogP contribution in [0.1, 0.15) is 21.5 Å². The number of amides is 1. The van der Waals surface area contributed by atoms with Gasteiger partial charge in [0.25, 0.3) is 11.7 Å². The highest BCUT2D eigenvalue weighted by Gasteiger charge is 2.41. The molecule has 0 bridgehead atoms. The van der Waals surface area contributed by atoms with Crippen LogP contribution in [0.4, 0.5) is 18.9 Å². The fourth-order valence-corrected chi connectivity index (χ4v) is 1.62. The summed E-state index contributed by atoms with van der Waals surface area (Å²) in [6.07, 6.45) is -4.64. The Hall–Kier alpha value is -1.85. The van der Waals surface area contributed by atoms with Gasteiger partial charge in [-0.05, 0) is 18.6 Å². The first-order chi connectivity index (χ1) is 7.32. The van der Waals surface area contributed by atoms with Crippen LogP contribution in [0.15, 0.2) is 12.1 Å². The first kappa shape index (κ1) is 10.7. The minimum Gasteiger partial charge on any atom is -0.318 e. The summed E-state index contributed by atoms with van der Waals surface area (Å²) in [7, 11) is 0. The molecule has 0 saturated heterocycles. The molecule has 1 aliphatic heterocycles. The van der Waals surface area contributed by atoms with Gasteiger partial charge in [0.2, 0.25) is 0 Å². The van der Waals surface area contributed by atoms with Crippen LogP contribution in [-0.4, -0.2) is 11.7 Å². The number of carbonyl (C=O) groups is 2. The van der Waals surface area contributed by atoms with Gasteiger partial charge in [0.15, 0.2) is 0 Å². The van der Waals surface area contributed by atoms with Crippen molar-refractivity contribution < 1.29 is 22.8 Å². The number of alkyl halides is 3. The number of hydrogen-bond donors (Lipinski definition) is 1. The number of benzene rings is 1. The van der Waals surface area contributed by atoms with Crippen molar-refractivity contribution in [3.8, 4) is 0 Å². The highest BCUT2D eigenvalue weighted by Crippen LogP contribution is 2.39. The normalized spacial score (nSPS) is 15.0. The number of aryl methyl sites for hydroxylation is 1. The summed E-state index contributed by atoms with van der Waals surface area (Å²) in [5.41, 5.74) is -1.25. The third-order valence-corrected chi connectivity index (χ3v) is 2.39. The number of fused-ring (bicyclic) bond motifs is 1. The molecule has 0 aromatic heterocycles. The molecule has 0 aliphatic carbocycles. The van der Waals surface area contributed by atoms with E-state index in [-0.39, 0.29) is 5.69 Å². The van der Waals surface area contributed by atoms with Crippen molar-refractivity contribution in [3.63, 3.8) is 0 Å². The molecule has 3 nitrogen and oxygen atoms in total. The lowest BCUT2D eigenvalue weighted by atomic mass is 10.0. The molecular formula is C10H6F3NO2. The number of ketones is 1. The second-order valence-electron chi connectivity index (χ2n) is 3.46. The van der Waals surface area contributed by atoms with Crippen LogP contribution in [0, 0.1) is 6.92 Å². The Morgan fingerprint density at radius 1 is 1.19 bits per heavy atom. The average Bonchev–Trinajstić information content (AvgIpc) is 2.44. The number of hydrogen-bond acceptors (Lipinski definition) is 2. The zero-order valence-corrected chi connectivity index (χ0v) is 8.11. The summed E-state index contributed by atoms with van der Waals surface area (Å²) < 4.78 is 37.8. The Balaban J connectivity index is 2.74. The van der Waals surface area contributed by atoms with Gasteiger partial charge in [0.05, 0.1) is 16.8 Å². The van der Waals surface area contributed by atoms with Gasteiger partial charge >= 0.3 is 6.18 Å². The molecule has 1 aromatic carbocycles. The maximum atomic E-state index is 12.6. The largest absolute Gasteiger partial charge is 0.417 e. The van der Waals surface area contributed by atoms with Crippen LogP contribution < -0.4 is 5.32 Å². The van der Waals surface area contributed by atoms with Gasteiger partial charge in [0, 0.05) is 0 Å². The molecule has 0 fully saturated rings.